The molecule has 1 aromatic heterocycles. The van der Waals surface area contributed by atoms with Crippen molar-refractivity contribution in [2.45, 2.75) is 19.9 Å². The molecule has 0 aliphatic rings. The first-order valence-electron chi connectivity index (χ1n) is 4.11. The maximum atomic E-state index is 10.2. The lowest BCUT2D eigenvalue weighted by Crippen LogP contribution is -2.25. The highest BCUT2D eigenvalue weighted by atomic mass is 16.4. The zero-order valence-electron chi connectivity index (χ0n) is 7.70. The molecule has 0 radical (unpaired) electrons. The highest BCUT2D eigenvalue weighted by Gasteiger charge is 2.09. The molecule has 1 atom stereocenters. The number of furan rings is 1. The zero-order valence-corrected chi connectivity index (χ0v) is 7.70. The third kappa shape index (κ3) is 2.91. The van der Waals surface area contributed by atoms with Crippen LogP contribution in [-0.4, -0.2) is 17.6 Å². The Balaban J connectivity index is 2.48. The summed E-state index contributed by atoms with van der Waals surface area (Å²) < 4.78 is 5.32. The minimum absolute atomic E-state index is 0.0546. The first kappa shape index (κ1) is 9.80. The lowest BCUT2D eigenvalue weighted by Gasteiger charge is -2.08. The van der Waals surface area contributed by atoms with Crippen LogP contribution in [0, 0.1) is 6.92 Å². The van der Waals surface area contributed by atoms with Gasteiger partial charge >= 0.3 is 5.97 Å². The van der Waals surface area contributed by atoms with E-state index in [1.807, 2.05) is 26.0 Å². The van der Waals surface area contributed by atoms with Crippen molar-refractivity contribution in [3.8, 4) is 0 Å². The molecule has 0 spiro atoms. The van der Waals surface area contributed by atoms with Gasteiger partial charge in [-0.15, -0.1) is 0 Å². The van der Waals surface area contributed by atoms with Gasteiger partial charge < -0.3 is 9.52 Å². The van der Waals surface area contributed by atoms with Crippen molar-refractivity contribution in [1.82, 2.24) is 5.32 Å². The number of carboxylic acid groups (broad SMARTS) is 1. The number of rotatable bonds is 4. The van der Waals surface area contributed by atoms with Gasteiger partial charge in [0.05, 0.1) is 12.6 Å². The Morgan fingerprint density at radius 2 is 2.38 bits per heavy atom. The summed E-state index contributed by atoms with van der Waals surface area (Å²) in [5, 5.41) is 11.2. The SMILES string of the molecule is Cc1ccc(C(C)NCC(=O)O)o1. The molecule has 1 unspecified atom stereocenters. The van der Waals surface area contributed by atoms with Crippen molar-refractivity contribution in [2.24, 2.45) is 0 Å². The van der Waals surface area contributed by atoms with E-state index in [1.165, 1.54) is 0 Å². The van der Waals surface area contributed by atoms with Gasteiger partial charge in [-0.3, -0.25) is 10.1 Å². The van der Waals surface area contributed by atoms with Gasteiger partial charge in [0.2, 0.25) is 0 Å². The lowest BCUT2D eigenvalue weighted by molar-refractivity contribution is -0.136. The molecular weight excluding hydrogens is 170 g/mol. The predicted molar refractivity (Wildman–Crippen MR) is 47.5 cm³/mol. The van der Waals surface area contributed by atoms with Gasteiger partial charge in [-0.1, -0.05) is 0 Å². The van der Waals surface area contributed by atoms with Gasteiger partial charge in [0, 0.05) is 0 Å². The average Bonchev–Trinajstić information content (AvgIpc) is 2.47. The van der Waals surface area contributed by atoms with Crippen molar-refractivity contribution in [2.75, 3.05) is 6.54 Å². The van der Waals surface area contributed by atoms with Gasteiger partial charge in [-0.2, -0.15) is 0 Å². The molecule has 0 aliphatic carbocycles. The van der Waals surface area contributed by atoms with E-state index in [9.17, 15) is 4.79 Å². The van der Waals surface area contributed by atoms with Gasteiger partial charge in [-0.05, 0) is 26.0 Å². The van der Waals surface area contributed by atoms with Crippen LogP contribution < -0.4 is 5.32 Å². The molecule has 0 aromatic carbocycles. The van der Waals surface area contributed by atoms with E-state index < -0.39 is 5.97 Å². The molecule has 72 valence electrons. The number of hydrogen-bond donors (Lipinski definition) is 2. The number of aliphatic carboxylic acids is 1. The number of carbonyl (C=O) groups is 1. The molecule has 4 heteroatoms. The number of nitrogens with one attached hydrogen (secondary N) is 1. The fourth-order valence-corrected chi connectivity index (χ4v) is 1.03. The van der Waals surface area contributed by atoms with Crippen LogP contribution in [0.5, 0.6) is 0 Å². The second-order valence-corrected chi connectivity index (χ2v) is 2.94. The first-order chi connectivity index (χ1) is 6.09. The number of carboxylic acids is 1. The molecule has 0 aliphatic heterocycles. The van der Waals surface area contributed by atoms with E-state index in [0.29, 0.717) is 0 Å². The van der Waals surface area contributed by atoms with E-state index in [0.717, 1.165) is 11.5 Å². The summed E-state index contributed by atoms with van der Waals surface area (Å²) in [5.41, 5.74) is 0. The fourth-order valence-electron chi connectivity index (χ4n) is 1.03. The quantitative estimate of drug-likeness (QED) is 0.739. The topological polar surface area (TPSA) is 62.5 Å². The molecule has 4 nitrogen and oxygen atoms in total. The summed E-state index contributed by atoms with van der Waals surface area (Å²) in [4.78, 5) is 10.2. The van der Waals surface area contributed by atoms with Crippen molar-refractivity contribution >= 4 is 5.97 Å². The van der Waals surface area contributed by atoms with E-state index in [1.54, 1.807) is 0 Å². The summed E-state index contributed by atoms with van der Waals surface area (Å²) in [7, 11) is 0. The largest absolute Gasteiger partial charge is 0.480 e. The molecule has 2 N–H and O–H groups in total. The smallest absolute Gasteiger partial charge is 0.317 e. The Morgan fingerprint density at radius 3 is 2.85 bits per heavy atom. The van der Waals surface area contributed by atoms with Crippen LogP contribution in [-0.2, 0) is 4.79 Å². The van der Waals surface area contributed by atoms with E-state index >= 15 is 0 Å². The van der Waals surface area contributed by atoms with Crippen LogP contribution >= 0.6 is 0 Å². The van der Waals surface area contributed by atoms with Crippen LogP contribution in [0.15, 0.2) is 16.5 Å². The molecular formula is C9H13NO3. The predicted octanol–water partition coefficient (Wildman–Crippen LogP) is 1.32. The Labute approximate surface area is 76.6 Å². The third-order valence-electron chi connectivity index (χ3n) is 1.75. The van der Waals surface area contributed by atoms with Crippen LogP contribution in [0.1, 0.15) is 24.5 Å². The van der Waals surface area contributed by atoms with Crippen LogP contribution in [0.4, 0.5) is 0 Å². The molecule has 0 amide bonds. The first-order valence-corrected chi connectivity index (χ1v) is 4.11. The molecule has 0 saturated carbocycles. The second kappa shape index (κ2) is 4.09. The molecule has 1 rings (SSSR count). The van der Waals surface area contributed by atoms with Crippen molar-refractivity contribution in [3.05, 3.63) is 23.7 Å². The van der Waals surface area contributed by atoms with Crippen LogP contribution in [0.25, 0.3) is 0 Å². The molecule has 0 fully saturated rings. The summed E-state index contributed by atoms with van der Waals surface area (Å²) in [6.45, 7) is 3.66. The Morgan fingerprint density at radius 1 is 1.69 bits per heavy atom. The summed E-state index contributed by atoms with van der Waals surface area (Å²) in [6, 6.07) is 3.63. The molecule has 0 saturated heterocycles. The fraction of sp³-hybridized carbons (Fsp3) is 0.444. The minimum atomic E-state index is -0.866. The molecule has 13 heavy (non-hydrogen) atoms. The Bertz CT molecular complexity index is 293. The van der Waals surface area contributed by atoms with Crippen LogP contribution in [0.2, 0.25) is 0 Å². The van der Waals surface area contributed by atoms with Gasteiger partial charge in [-0.25, -0.2) is 0 Å². The van der Waals surface area contributed by atoms with Gasteiger partial charge in [0.15, 0.2) is 0 Å². The standard InChI is InChI=1S/C9H13NO3/c1-6-3-4-8(13-6)7(2)10-5-9(11)12/h3-4,7,10H,5H2,1-2H3,(H,11,12). The van der Waals surface area contributed by atoms with Crippen molar-refractivity contribution in [1.29, 1.82) is 0 Å². The monoisotopic (exact) mass is 183 g/mol. The molecule has 0 bridgehead atoms. The van der Waals surface area contributed by atoms with Crippen molar-refractivity contribution < 1.29 is 14.3 Å². The Hall–Kier alpha value is -1.29. The van der Waals surface area contributed by atoms with E-state index in [2.05, 4.69) is 5.32 Å². The van der Waals surface area contributed by atoms with E-state index in [4.69, 9.17) is 9.52 Å². The normalized spacial score (nSPS) is 12.8. The van der Waals surface area contributed by atoms with Crippen molar-refractivity contribution in [3.63, 3.8) is 0 Å². The molecule has 1 heterocycles. The average molecular weight is 183 g/mol. The maximum Gasteiger partial charge on any atom is 0.317 e. The molecule has 1 aromatic rings. The summed E-state index contributed by atoms with van der Waals surface area (Å²) in [6.07, 6.45) is 0. The van der Waals surface area contributed by atoms with Gasteiger partial charge in [0.25, 0.3) is 0 Å². The van der Waals surface area contributed by atoms with Crippen LogP contribution in [0.3, 0.4) is 0 Å². The minimum Gasteiger partial charge on any atom is -0.480 e. The Kier molecular flexibility index (Phi) is 3.08. The summed E-state index contributed by atoms with van der Waals surface area (Å²) in [5.74, 6) is 0.729. The maximum absolute atomic E-state index is 10.2. The number of aryl methyl sites for hydroxylation is 1. The lowest BCUT2D eigenvalue weighted by atomic mass is 10.2. The second-order valence-electron chi connectivity index (χ2n) is 2.94. The summed E-state index contributed by atoms with van der Waals surface area (Å²) >= 11 is 0. The van der Waals surface area contributed by atoms with Gasteiger partial charge in [0.1, 0.15) is 11.5 Å². The highest BCUT2D eigenvalue weighted by Crippen LogP contribution is 2.14. The third-order valence-corrected chi connectivity index (χ3v) is 1.75. The number of hydrogen-bond acceptors (Lipinski definition) is 3. The zero-order chi connectivity index (χ0) is 9.84. The highest BCUT2D eigenvalue weighted by molar-refractivity contribution is 5.69. The van der Waals surface area contributed by atoms with E-state index in [-0.39, 0.29) is 12.6 Å².